The van der Waals surface area contributed by atoms with E-state index < -0.39 is 18.1 Å². The minimum absolute atomic E-state index is 0.0585. The van der Waals surface area contributed by atoms with Gasteiger partial charge in [0.25, 0.3) is 0 Å². The Labute approximate surface area is 162 Å². The number of carbonyl (C=O) groups is 2. The van der Waals surface area contributed by atoms with Gasteiger partial charge in [-0.3, -0.25) is 14.6 Å². The van der Waals surface area contributed by atoms with E-state index in [-0.39, 0.29) is 30.1 Å². The lowest BCUT2D eigenvalue weighted by Crippen LogP contribution is -2.51. The highest BCUT2D eigenvalue weighted by Crippen LogP contribution is 2.17. The summed E-state index contributed by atoms with van der Waals surface area (Å²) in [4.78, 5) is 29.5. The normalized spacial score (nSPS) is 17.0. The van der Waals surface area contributed by atoms with Crippen LogP contribution in [0, 0.1) is 11.8 Å². The predicted octanol–water partition coefficient (Wildman–Crippen LogP) is 1.27. The van der Waals surface area contributed by atoms with E-state index in [1.54, 1.807) is 24.4 Å². The Morgan fingerprint density at radius 1 is 1.11 bits per heavy atom. The van der Waals surface area contributed by atoms with E-state index in [1.807, 2.05) is 13.8 Å². The number of pyridine rings is 1. The number of Topliss-reactive ketones (excluding diaryl/α,β-unsaturated/α-hetero) is 1. The zero-order chi connectivity index (χ0) is 20.6. The van der Waals surface area contributed by atoms with Crippen LogP contribution in [0.4, 0.5) is 0 Å². The van der Waals surface area contributed by atoms with Crippen molar-refractivity contribution in [3.63, 3.8) is 0 Å². The molecule has 5 atom stereocenters. The summed E-state index contributed by atoms with van der Waals surface area (Å²) in [6.07, 6.45) is 3.14. The van der Waals surface area contributed by atoms with Crippen molar-refractivity contribution in [1.29, 1.82) is 0 Å². The van der Waals surface area contributed by atoms with Gasteiger partial charge in [-0.15, -0.1) is 0 Å². The van der Waals surface area contributed by atoms with Crippen LogP contribution in [0.2, 0.25) is 0 Å². The minimum Gasteiger partial charge on any atom is -0.346 e. The van der Waals surface area contributed by atoms with Crippen molar-refractivity contribution in [2.45, 2.75) is 71.1 Å². The Morgan fingerprint density at radius 3 is 2.30 bits per heavy atom. The van der Waals surface area contributed by atoms with E-state index in [4.69, 9.17) is 17.2 Å². The van der Waals surface area contributed by atoms with Crippen LogP contribution in [0.25, 0.3) is 0 Å². The second kappa shape index (κ2) is 11.1. The highest BCUT2D eigenvalue weighted by atomic mass is 16.2. The molecule has 0 saturated carbocycles. The Morgan fingerprint density at radius 2 is 1.78 bits per heavy atom. The summed E-state index contributed by atoms with van der Waals surface area (Å²) < 4.78 is 0. The number of ketones is 1. The molecule has 7 N–H and O–H groups in total. The van der Waals surface area contributed by atoms with Gasteiger partial charge in [0.15, 0.2) is 5.78 Å². The average molecular weight is 378 g/mol. The summed E-state index contributed by atoms with van der Waals surface area (Å²) in [6.45, 7) is 8.00. The number of nitrogens with one attached hydrogen (secondary N) is 1. The molecule has 0 saturated heterocycles. The summed E-state index contributed by atoms with van der Waals surface area (Å²) in [5.74, 6) is -0.193. The zero-order valence-electron chi connectivity index (χ0n) is 16.9. The molecule has 1 amide bonds. The molecule has 7 heteroatoms. The Hall–Kier alpha value is -1.83. The second-order valence-corrected chi connectivity index (χ2v) is 7.73. The summed E-state index contributed by atoms with van der Waals surface area (Å²) >= 11 is 0. The van der Waals surface area contributed by atoms with Crippen molar-refractivity contribution in [3.8, 4) is 0 Å². The second-order valence-electron chi connectivity index (χ2n) is 7.73. The Balaban J connectivity index is 2.79. The van der Waals surface area contributed by atoms with Gasteiger partial charge in [-0.1, -0.05) is 40.2 Å². The van der Waals surface area contributed by atoms with Crippen LogP contribution in [0.3, 0.4) is 0 Å². The van der Waals surface area contributed by atoms with Crippen molar-refractivity contribution in [2.75, 3.05) is 0 Å². The molecule has 0 bridgehead atoms. The number of hydrogen-bond donors (Lipinski definition) is 4. The minimum atomic E-state index is -0.887. The van der Waals surface area contributed by atoms with Crippen LogP contribution < -0.4 is 22.5 Å². The van der Waals surface area contributed by atoms with Gasteiger partial charge in [-0.25, -0.2) is 0 Å². The van der Waals surface area contributed by atoms with E-state index in [0.717, 1.165) is 12.8 Å². The first-order chi connectivity index (χ1) is 12.7. The molecule has 0 aliphatic carbocycles. The van der Waals surface area contributed by atoms with E-state index in [0.29, 0.717) is 11.6 Å². The smallest absolute Gasteiger partial charge is 0.222 e. The highest BCUT2D eigenvalue weighted by Gasteiger charge is 2.31. The quantitative estimate of drug-likeness (QED) is 0.458. The van der Waals surface area contributed by atoms with Crippen molar-refractivity contribution >= 4 is 11.7 Å². The SMILES string of the molecule is CCC(C)[C@H](NC(=O)CC(N)C(N)CC(C)C)C(=O)C(N)c1ccccn1. The lowest BCUT2D eigenvalue weighted by molar-refractivity contribution is -0.130. The monoisotopic (exact) mass is 377 g/mol. The van der Waals surface area contributed by atoms with Crippen LogP contribution in [-0.4, -0.2) is 34.8 Å². The maximum absolute atomic E-state index is 12.9. The molecule has 7 nitrogen and oxygen atoms in total. The number of hydrogen-bond acceptors (Lipinski definition) is 6. The third kappa shape index (κ3) is 7.36. The third-order valence-corrected chi connectivity index (χ3v) is 4.86. The fourth-order valence-corrected chi connectivity index (χ4v) is 2.95. The average Bonchev–Trinajstić information content (AvgIpc) is 2.64. The maximum Gasteiger partial charge on any atom is 0.222 e. The molecule has 27 heavy (non-hydrogen) atoms. The summed E-state index contributed by atoms with van der Waals surface area (Å²) in [6, 6.07) is 2.96. The molecule has 0 radical (unpaired) electrons. The van der Waals surface area contributed by atoms with Gasteiger partial charge in [0.1, 0.15) is 6.04 Å². The Bertz CT molecular complexity index is 593. The molecule has 152 valence electrons. The van der Waals surface area contributed by atoms with E-state index in [2.05, 4.69) is 24.1 Å². The highest BCUT2D eigenvalue weighted by molar-refractivity contribution is 5.93. The first kappa shape index (κ1) is 23.2. The number of nitrogens with zero attached hydrogens (tertiary/aromatic N) is 1. The van der Waals surface area contributed by atoms with Gasteiger partial charge in [0.05, 0.1) is 11.7 Å². The molecule has 0 aliphatic rings. The van der Waals surface area contributed by atoms with Crippen LogP contribution in [0.1, 0.15) is 58.7 Å². The van der Waals surface area contributed by atoms with Crippen molar-refractivity contribution in [2.24, 2.45) is 29.0 Å². The molecule has 1 heterocycles. The van der Waals surface area contributed by atoms with Crippen molar-refractivity contribution in [3.05, 3.63) is 30.1 Å². The van der Waals surface area contributed by atoms with Gasteiger partial charge in [0.2, 0.25) is 5.91 Å². The number of aromatic nitrogens is 1. The van der Waals surface area contributed by atoms with Gasteiger partial charge in [0, 0.05) is 24.7 Å². The van der Waals surface area contributed by atoms with Crippen molar-refractivity contribution < 1.29 is 9.59 Å². The summed E-state index contributed by atoms with van der Waals surface area (Å²) in [5.41, 5.74) is 18.7. The van der Waals surface area contributed by atoms with Crippen LogP contribution in [-0.2, 0) is 9.59 Å². The number of rotatable bonds is 11. The van der Waals surface area contributed by atoms with Gasteiger partial charge >= 0.3 is 0 Å². The molecule has 0 aromatic carbocycles. The van der Waals surface area contributed by atoms with Crippen molar-refractivity contribution in [1.82, 2.24) is 10.3 Å². The molecule has 0 aliphatic heterocycles. The fraction of sp³-hybridized carbons (Fsp3) is 0.650. The van der Waals surface area contributed by atoms with E-state index in [9.17, 15) is 9.59 Å². The van der Waals surface area contributed by atoms with E-state index in [1.165, 1.54) is 0 Å². The lowest BCUT2D eigenvalue weighted by Gasteiger charge is -2.27. The van der Waals surface area contributed by atoms with E-state index >= 15 is 0 Å². The zero-order valence-corrected chi connectivity index (χ0v) is 16.9. The molecule has 1 aromatic heterocycles. The number of amides is 1. The fourth-order valence-electron chi connectivity index (χ4n) is 2.95. The molecular formula is C20H35N5O2. The molecular weight excluding hydrogens is 342 g/mol. The number of nitrogens with two attached hydrogens (primary N) is 3. The van der Waals surface area contributed by atoms with Gasteiger partial charge < -0.3 is 22.5 Å². The molecule has 0 spiro atoms. The maximum atomic E-state index is 12.9. The number of carbonyl (C=O) groups excluding carboxylic acids is 2. The predicted molar refractivity (Wildman–Crippen MR) is 108 cm³/mol. The van der Waals surface area contributed by atoms with Gasteiger partial charge in [-0.2, -0.15) is 0 Å². The standard InChI is InChI=1S/C20H35N5O2/c1-5-13(4)19(20(27)18(23)16-8-6-7-9-24-16)25-17(26)11-15(22)14(21)10-12(2)3/h6-9,12-15,18-19H,5,10-11,21-23H2,1-4H3,(H,25,26)/t13?,14?,15?,18?,19-/m0/s1. The first-order valence-corrected chi connectivity index (χ1v) is 9.68. The van der Waals surface area contributed by atoms with Gasteiger partial charge in [-0.05, 0) is 30.4 Å². The van der Waals surface area contributed by atoms with Crippen LogP contribution in [0.15, 0.2) is 24.4 Å². The van der Waals surface area contributed by atoms with Crippen LogP contribution in [0.5, 0.6) is 0 Å². The van der Waals surface area contributed by atoms with Crippen LogP contribution >= 0.6 is 0 Å². The molecule has 1 rings (SSSR count). The molecule has 0 fully saturated rings. The largest absolute Gasteiger partial charge is 0.346 e. The molecule has 1 aromatic rings. The molecule has 4 unspecified atom stereocenters. The lowest BCUT2D eigenvalue weighted by atomic mass is 9.90. The summed E-state index contributed by atoms with van der Waals surface area (Å²) in [7, 11) is 0. The third-order valence-electron chi connectivity index (χ3n) is 4.86. The Kier molecular flexibility index (Phi) is 9.55. The first-order valence-electron chi connectivity index (χ1n) is 9.68. The summed E-state index contributed by atoms with van der Waals surface area (Å²) in [5, 5.41) is 2.83. The topological polar surface area (TPSA) is 137 Å².